The number of fused-ring (bicyclic) bond motifs is 1. The minimum atomic E-state index is 0.543. The Morgan fingerprint density at radius 1 is 1.40 bits per heavy atom. The van der Waals surface area contributed by atoms with Crippen molar-refractivity contribution in [1.29, 1.82) is 0 Å². The van der Waals surface area contributed by atoms with Gasteiger partial charge in [0.15, 0.2) is 0 Å². The average molecular weight is 207 g/mol. The van der Waals surface area contributed by atoms with Crippen molar-refractivity contribution >= 4 is 17.1 Å². The van der Waals surface area contributed by atoms with E-state index in [2.05, 4.69) is 25.6 Å². The van der Waals surface area contributed by atoms with E-state index in [1.54, 1.807) is 4.68 Å². The Morgan fingerprint density at radius 3 is 2.93 bits per heavy atom. The molecule has 15 heavy (non-hydrogen) atoms. The number of aromatic nitrogens is 5. The number of aryl methyl sites for hydroxylation is 2. The maximum atomic E-state index is 5.38. The molecule has 2 aromatic rings. The third kappa shape index (κ3) is 1.73. The van der Waals surface area contributed by atoms with Crippen molar-refractivity contribution in [1.82, 2.24) is 25.0 Å². The van der Waals surface area contributed by atoms with Crippen LogP contribution in [0.15, 0.2) is 0 Å². The summed E-state index contributed by atoms with van der Waals surface area (Å²) in [5.74, 6) is 0.547. The van der Waals surface area contributed by atoms with E-state index in [9.17, 15) is 0 Å². The number of nitrogens with zero attached hydrogens (tertiary/aromatic N) is 5. The molecule has 0 amide bonds. The molecule has 0 saturated heterocycles. The second kappa shape index (κ2) is 3.77. The fraction of sp³-hybridized carbons (Fsp3) is 0.500. The third-order valence-electron chi connectivity index (χ3n) is 2.06. The van der Waals surface area contributed by atoms with Gasteiger partial charge in [-0.05, 0) is 6.92 Å². The van der Waals surface area contributed by atoms with Gasteiger partial charge in [0.05, 0.1) is 5.69 Å². The summed E-state index contributed by atoms with van der Waals surface area (Å²) in [5, 5.41) is 10.8. The molecular formula is C8H13N7. The fourth-order valence-electron chi connectivity index (χ4n) is 1.42. The molecule has 0 unspecified atom stereocenters. The molecule has 0 bridgehead atoms. The first kappa shape index (κ1) is 9.78. The number of nitrogens with one attached hydrogen (secondary N) is 1. The van der Waals surface area contributed by atoms with Crippen molar-refractivity contribution in [2.75, 3.05) is 18.4 Å². The average Bonchev–Trinajstić information content (AvgIpc) is 2.58. The summed E-state index contributed by atoms with van der Waals surface area (Å²) in [7, 11) is 1.82. The largest absolute Gasteiger partial charge is 0.353 e. The van der Waals surface area contributed by atoms with Crippen LogP contribution in [0.4, 0.5) is 5.95 Å². The summed E-state index contributed by atoms with van der Waals surface area (Å²) < 4.78 is 1.66. The number of anilines is 1. The molecule has 0 saturated carbocycles. The van der Waals surface area contributed by atoms with E-state index < -0.39 is 0 Å². The van der Waals surface area contributed by atoms with Gasteiger partial charge in [-0.2, -0.15) is 4.98 Å². The molecule has 0 fully saturated rings. The summed E-state index contributed by atoms with van der Waals surface area (Å²) >= 11 is 0. The van der Waals surface area contributed by atoms with Crippen molar-refractivity contribution in [3.8, 4) is 0 Å². The van der Waals surface area contributed by atoms with Crippen LogP contribution in [-0.2, 0) is 7.05 Å². The minimum Gasteiger partial charge on any atom is -0.353 e. The summed E-state index contributed by atoms with van der Waals surface area (Å²) in [6.45, 7) is 3.09. The van der Waals surface area contributed by atoms with E-state index in [-0.39, 0.29) is 0 Å². The first-order chi connectivity index (χ1) is 7.22. The normalized spacial score (nSPS) is 10.9. The molecule has 0 spiro atoms. The molecule has 2 rings (SSSR count). The van der Waals surface area contributed by atoms with Crippen LogP contribution in [0.25, 0.3) is 11.2 Å². The Kier molecular flexibility index (Phi) is 2.46. The van der Waals surface area contributed by atoms with E-state index in [1.807, 2.05) is 14.0 Å². The second-order valence-electron chi connectivity index (χ2n) is 3.23. The monoisotopic (exact) mass is 207 g/mol. The zero-order valence-electron chi connectivity index (χ0n) is 8.73. The smallest absolute Gasteiger partial charge is 0.225 e. The molecule has 0 radical (unpaired) electrons. The van der Waals surface area contributed by atoms with Gasteiger partial charge in [0.1, 0.15) is 5.52 Å². The molecule has 3 N–H and O–H groups in total. The van der Waals surface area contributed by atoms with Gasteiger partial charge in [-0.3, -0.25) is 0 Å². The Balaban J connectivity index is 2.44. The first-order valence-corrected chi connectivity index (χ1v) is 4.70. The predicted molar refractivity (Wildman–Crippen MR) is 56.4 cm³/mol. The number of nitrogens with two attached hydrogens (primary N) is 1. The Morgan fingerprint density at radius 2 is 2.20 bits per heavy atom. The zero-order chi connectivity index (χ0) is 10.8. The molecule has 0 atom stereocenters. The summed E-state index contributed by atoms with van der Waals surface area (Å²) in [6.07, 6.45) is 0. The molecule has 7 nitrogen and oxygen atoms in total. The minimum absolute atomic E-state index is 0.543. The lowest BCUT2D eigenvalue weighted by Crippen LogP contribution is -2.15. The zero-order valence-corrected chi connectivity index (χ0v) is 8.73. The van der Waals surface area contributed by atoms with Crippen molar-refractivity contribution in [2.45, 2.75) is 6.92 Å². The highest BCUT2D eigenvalue weighted by Gasteiger charge is 2.09. The number of rotatable bonds is 3. The van der Waals surface area contributed by atoms with Gasteiger partial charge < -0.3 is 11.1 Å². The Bertz CT molecular complexity index is 475. The third-order valence-corrected chi connectivity index (χ3v) is 2.06. The lowest BCUT2D eigenvalue weighted by Gasteiger charge is -2.03. The first-order valence-electron chi connectivity index (χ1n) is 4.70. The lowest BCUT2D eigenvalue weighted by atomic mass is 10.4. The standard InChI is InChI=1S/C8H13N7/c1-5-6-7(13-14-15(6)2)12-8(11-5)10-4-3-9/h3-4,9H2,1-2H3,(H,10,11,12). The number of hydrogen-bond acceptors (Lipinski definition) is 6. The van der Waals surface area contributed by atoms with Crippen LogP contribution < -0.4 is 11.1 Å². The van der Waals surface area contributed by atoms with Gasteiger partial charge in [-0.1, -0.05) is 5.21 Å². The Labute approximate surface area is 86.7 Å². The van der Waals surface area contributed by atoms with Crippen LogP contribution in [0.5, 0.6) is 0 Å². The fourth-order valence-corrected chi connectivity index (χ4v) is 1.42. The van der Waals surface area contributed by atoms with E-state index in [0.29, 0.717) is 24.7 Å². The molecule has 0 aliphatic carbocycles. The summed E-state index contributed by atoms with van der Waals surface area (Å²) in [5.41, 5.74) is 7.69. The van der Waals surface area contributed by atoms with E-state index in [0.717, 1.165) is 11.2 Å². The molecule has 0 aliphatic rings. The van der Waals surface area contributed by atoms with Gasteiger partial charge in [-0.15, -0.1) is 5.10 Å². The highest BCUT2D eigenvalue weighted by Crippen LogP contribution is 2.13. The lowest BCUT2D eigenvalue weighted by molar-refractivity contribution is 0.733. The molecular weight excluding hydrogens is 194 g/mol. The summed E-state index contributed by atoms with van der Waals surface area (Å²) in [4.78, 5) is 8.52. The molecule has 2 heterocycles. The van der Waals surface area contributed by atoms with Crippen molar-refractivity contribution in [2.24, 2.45) is 12.8 Å². The van der Waals surface area contributed by atoms with Gasteiger partial charge in [0, 0.05) is 20.1 Å². The van der Waals surface area contributed by atoms with Gasteiger partial charge >= 0.3 is 0 Å². The van der Waals surface area contributed by atoms with E-state index in [1.165, 1.54) is 0 Å². The SMILES string of the molecule is Cc1nc(NCCN)nc2nnn(C)c12. The highest BCUT2D eigenvalue weighted by atomic mass is 15.4. The van der Waals surface area contributed by atoms with Crippen LogP contribution in [0, 0.1) is 6.92 Å². The molecule has 80 valence electrons. The van der Waals surface area contributed by atoms with Crippen molar-refractivity contribution in [3.63, 3.8) is 0 Å². The maximum Gasteiger partial charge on any atom is 0.225 e. The maximum absolute atomic E-state index is 5.38. The highest BCUT2D eigenvalue weighted by molar-refractivity contribution is 5.73. The van der Waals surface area contributed by atoms with Gasteiger partial charge in [0.2, 0.25) is 11.6 Å². The molecule has 0 aromatic carbocycles. The van der Waals surface area contributed by atoms with Crippen LogP contribution >= 0.6 is 0 Å². The molecule has 2 aromatic heterocycles. The number of hydrogen-bond donors (Lipinski definition) is 2. The topological polar surface area (TPSA) is 94.5 Å². The predicted octanol–water partition coefficient (Wildman–Crippen LogP) is -0.563. The molecule has 0 aliphatic heterocycles. The van der Waals surface area contributed by atoms with E-state index in [4.69, 9.17) is 5.73 Å². The van der Waals surface area contributed by atoms with Crippen molar-refractivity contribution in [3.05, 3.63) is 5.69 Å². The van der Waals surface area contributed by atoms with Crippen molar-refractivity contribution < 1.29 is 0 Å². The van der Waals surface area contributed by atoms with Gasteiger partial charge in [0.25, 0.3) is 0 Å². The second-order valence-corrected chi connectivity index (χ2v) is 3.23. The van der Waals surface area contributed by atoms with Crippen LogP contribution in [0.3, 0.4) is 0 Å². The van der Waals surface area contributed by atoms with E-state index >= 15 is 0 Å². The van der Waals surface area contributed by atoms with Crippen LogP contribution in [0.1, 0.15) is 5.69 Å². The Hall–Kier alpha value is -1.76. The van der Waals surface area contributed by atoms with Gasteiger partial charge in [-0.25, -0.2) is 9.67 Å². The van der Waals surface area contributed by atoms with Crippen LogP contribution in [-0.4, -0.2) is 38.1 Å². The van der Waals surface area contributed by atoms with Crippen LogP contribution in [0.2, 0.25) is 0 Å². The molecule has 7 heteroatoms. The summed E-state index contributed by atoms with van der Waals surface area (Å²) in [6, 6.07) is 0. The quantitative estimate of drug-likeness (QED) is 0.700.